The zero-order chi connectivity index (χ0) is 70.1. The van der Waals surface area contributed by atoms with Crippen molar-refractivity contribution in [3.63, 3.8) is 0 Å². The van der Waals surface area contributed by atoms with Gasteiger partial charge in [-0.05, 0) is 119 Å². The average Bonchev–Trinajstić information content (AvgIpc) is 1.74. The molecule has 2 aromatic carbocycles. The van der Waals surface area contributed by atoms with E-state index in [-0.39, 0.29) is 83.0 Å². The van der Waals surface area contributed by atoms with Gasteiger partial charge in [-0.3, -0.25) is 67.3 Å². The highest BCUT2D eigenvalue weighted by Gasteiger charge is 2.42. The molecule has 0 radical (unpaired) electrons. The van der Waals surface area contributed by atoms with Crippen molar-refractivity contribution in [3.8, 4) is 0 Å². The number of nitrogens with zero attached hydrogens (tertiary/aromatic N) is 3. The van der Waals surface area contributed by atoms with E-state index < -0.39 is 169 Å². The van der Waals surface area contributed by atoms with Crippen LogP contribution in [0, 0.1) is 5.92 Å². The van der Waals surface area contributed by atoms with Gasteiger partial charge in [0.1, 0.15) is 54.4 Å². The van der Waals surface area contributed by atoms with Crippen LogP contribution in [-0.2, 0) is 75.2 Å². The van der Waals surface area contributed by atoms with Crippen LogP contribution < -0.4 is 82.7 Å². The second-order valence-corrected chi connectivity index (χ2v) is 25.1. The van der Waals surface area contributed by atoms with E-state index in [4.69, 9.17) is 40.1 Å². The van der Waals surface area contributed by atoms with Gasteiger partial charge in [-0.1, -0.05) is 74.5 Å². The molecule has 2 aliphatic heterocycles. The fourth-order valence-corrected chi connectivity index (χ4v) is 11.5. The van der Waals surface area contributed by atoms with E-state index in [0.717, 1.165) is 0 Å². The van der Waals surface area contributed by atoms with Crippen LogP contribution in [-0.4, -0.2) is 198 Å². The molecule has 2 saturated heterocycles. The highest BCUT2D eigenvalue weighted by atomic mass is 32.2. The number of carbonyl (C=O) groups excluding carboxylic acids is 13. The van der Waals surface area contributed by atoms with Crippen molar-refractivity contribution in [1.82, 2.24) is 52.3 Å². The molecule has 31 nitrogen and oxygen atoms in total. The molecule has 32 heteroatoms. The van der Waals surface area contributed by atoms with E-state index in [1.807, 2.05) is 20.1 Å². The summed E-state index contributed by atoms with van der Waals surface area (Å²) in [5.41, 5.74) is 40.6. The molecule has 0 unspecified atom stereocenters. The third-order valence-corrected chi connectivity index (χ3v) is 16.7. The number of thioether (sulfide) groups is 1. The molecule has 2 heterocycles. The number of benzene rings is 2. The van der Waals surface area contributed by atoms with Crippen molar-refractivity contribution in [2.24, 2.45) is 51.0 Å². The molecular weight excluding hydrogens is 1250 g/mol. The SMILES string of the molecule is CSCC[C@H](NC(=O)[C@H](CC(C)C)NC(=O)CNC(=O)[C@H](Cc1ccccc1)NC(=O)[C@H](Cc1ccccc1)NC(=O)[C@@H](CCC(N)=O)NC(=O)[C@@H](CCC(N)=O)NC(=O)[C@H]1CCCN1C(=O)[C@H](CCCCN)NC(=O)[C@H]1CCCN1C(=O)[C@@H](N)CCCN=C(N)N)C(N)=O. The summed E-state index contributed by atoms with van der Waals surface area (Å²) in [6, 6.07) is 4.51. The topological polar surface area (TPSA) is 519 Å². The number of nitrogens with one attached hydrogen (secondary N) is 8. The van der Waals surface area contributed by atoms with Gasteiger partial charge in [0, 0.05) is 45.3 Å². The number of guanidine groups is 1. The van der Waals surface area contributed by atoms with Gasteiger partial charge in [0.05, 0.1) is 12.6 Å². The fourth-order valence-electron chi connectivity index (χ4n) is 11.0. The summed E-state index contributed by atoms with van der Waals surface area (Å²) in [5, 5.41) is 21.1. The third-order valence-electron chi connectivity index (χ3n) is 16.0. The van der Waals surface area contributed by atoms with Crippen LogP contribution in [0.2, 0.25) is 0 Å². The molecule has 2 fully saturated rings. The van der Waals surface area contributed by atoms with E-state index in [9.17, 15) is 62.3 Å². The Morgan fingerprint density at radius 2 is 1.01 bits per heavy atom. The Balaban J connectivity index is 1.56. The number of nitrogens with two attached hydrogens (primary N) is 7. The molecule has 0 saturated carbocycles. The number of aliphatic imine (C=N–C) groups is 1. The van der Waals surface area contributed by atoms with Crippen LogP contribution in [0.1, 0.15) is 121 Å². The Bertz CT molecular complexity index is 2960. The van der Waals surface area contributed by atoms with Crippen LogP contribution >= 0.6 is 11.8 Å². The summed E-state index contributed by atoms with van der Waals surface area (Å²) in [5.74, 6) is -9.80. The highest BCUT2D eigenvalue weighted by molar-refractivity contribution is 7.98. The van der Waals surface area contributed by atoms with Crippen LogP contribution in [0.25, 0.3) is 0 Å². The Morgan fingerprint density at radius 1 is 0.537 bits per heavy atom. The lowest BCUT2D eigenvalue weighted by Crippen LogP contribution is -2.60. The lowest BCUT2D eigenvalue weighted by atomic mass is 10.0. The second-order valence-electron chi connectivity index (χ2n) is 24.1. The molecule has 524 valence electrons. The monoisotopic (exact) mass is 1350 g/mol. The average molecular weight is 1350 g/mol. The predicted octanol–water partition coefficient (Wildman–Crippen LogP) is -3.71. The van der Waals surface area contributed by atoms with E-state index in [1.54, 1.807) is 60.7 Å². The first-order valence-electron chi connectivity index (χ1n) is 32.2. The standard InChI is InChI=1S/C63H98N18O13S/c1-37(2)33-45(57(89)74-41(53(68)85)27-32-95-3)73-52(84)36-72-54(86)46(34-38-15-6-4-7-16-38)78-58(90)47(35-39-17-8-5-9-18-39)79-56(88)42(23-25-50(66)82)75-55(87)43(24-26-51(67)83)76-59(91)49-22-14-31-81(49)62(94)44(20-10-11-28-64)77-60(92)48-21-13-30-80(48)61(93)40(65)19-12-29-71-63(69)70/h4-9,15-18,37,40-49H,10-14,19-36,64-65H2,1-3H3,(H2,66,82)(H2,67,83)(H2,68,85)(H,72,86)(H,73,84)(H,74,89)(H,75,87)(H,76,91)(H,77,92)(H,78,90)(H,79,88)(H4,69,70,71)/t40-,41-,42+,43+,44-,45-,46-,47-,48+,49+/m0/s1. The molecule has 95 heavy (non-hydrogen) atoms. The van der Waals surface area contributed by atoms with E-state index in [2.05, 4.69) is 47.5 Å². The summed E-state index contributed by atoms with van der Waals surface area (Å²) in [7, 11) is 0. The van der Waals surface area contributed by atoms with Crippen molar-refractivity contribution in [2.75, 3.05) is 44.7 Å². The number of amides is 13. The summed E-state index contributed by atoms with van der Waals surface area (Å²) >= 11 is 1.45. The third kappa shape index (κ3) is 27.5. The predicted molar refractivity (Wildman–Crippen MR) is 356 cm³/mol. The van der Waals surface area contributed by atoms with Crippen molar-refractivity contribution >= 4 is 94.5 Å². The molecule has 2 aromatic rings. The van der Waals surface area contributed by atoms with Crippen LogP contribution in [0.3, 0.4) is 0 Å². The van der Waals surface area contributed by atoms with Gasteiger partial charge < -0.3 is 92.5 Å². The van der Waals surface area contributed by atoms with Gasteiger partial charge in [0.15, 0.2) is 5.96 Å². The molecule has 10 atom stereocenters. The molecule has 0 aromatic heterocycles. The Hall–Kier alpha value is -8.91. The molecule has 0 aliphatic carbocycles. The van der Waals surface area contributed by atoms with Gasteiger partial charge >= 0.3 is 0 Å². The first kappa shape index (κ1) is 78.5. The Kier molecular flexibility index (Phi) is 33.9. The quantitative estimate of drug-likeness (QED) is 0.0173. The zero-order valence-corrected chi connectivity index (χ0v) is 55.3. The minimum absolute atomic E-state index is 0.0736. The molecule has 0 bridgehead atoms. The van der Waals surface area contributed by atoms with Crippen molar-refractivity contribution in [2.45, 2.75) is 183 Å². The number of rotatable bonds is 42. The van der Waals surface area contributed by atoms with Crippen LogP contribution in [0.5, 0.6) is 0 Å². The van der Waals surface area contributed by atoms with Gasteiger partial charge in [0.25, 0.3) is 0 Å². The summed E-state index contributed by atoms with van der Waals surface area (Å²) < 4.78 is 0. The maximum atomic E-state index is 14.7. The maximum Gasteiger partial charge on any atom is 0.245 e. The Morgan fingerprint density at radius 3 is 1.51 bits per heavy atom. The van der Waals surface area contributed by atoms with Gasteiger partial charge in [-0.25, -0.2) is 0 Å². The summed E-state index contributed by atoms with van der Waals surface area (Å²) in [6.07, 6.45) is 3.12. The number of likely N-dealkylation sites (tertiary alicyclic amines) is 2. The van der Waals surface area contributed by atoms with Crippen molar-refractivity contribution in [3.05, 3.63) is 71.8 Å². The fraction of sp³-hybridized carbons (Fsp3) is 0.587. The molecule has 0 spiro atoms. The van der Waals surface area contributed by atoms with Gasteiger partial charge in [-0.2, -0.15) is 11.8 Å². The van der Waals surface area contributed by atoms with Crippen molar-refractivity contribution in [1.29, 1.82) is 0 Å². The molecular formula is C63H98N18O13S. The number of hydrogen-bond donors (Lipinski definition) is 15. The first-order chi connectivity index (χ1) is 45.2. The lowest BCUT2D eigenvalue weighted by Gasteiger charge is -2.32. The lowest BCUT2D eigenvalue weighted by molar-refractivity contribution is -0.144. The van der Waals surface area contributed by atoms with E-state index in [0.29, 0.717) is 55.4 Å². The molecule has 2 aliphatic rings. The summed E-state index contributed by atoms with van der Waals surface area (Å²) in [4.78, 5) is 185. The summed E-state index contributed by atoms with van der Waals surface area (Å²) in [6.45, 7) is 3.86. The van der Waals surface area contributed by atoms with E-state index >= 15 is 0 Å². The minimum atomic E-state index is -1.64. The first-order valence-corrected chi connectivity index (χ1v) is 33.6. The second kappa shape index (κ2) is 41.0. The smallest absolute Gasteiger partial charge is 0.245 e. The minimum Gasteiger partial charge on any atom is -0.370 e. The maximum absolute atomic E-state index is 14.7. The van der Waals surface area contributed by atoms with Crippen LogP contribution in [0.15, 0.2) is 65.7 Å². The molecule has 13 amide bonds. The number of carbonyl (C=O) groups is 13. The number of hydrogen-bond acceptors (Lipinski definition) is 17. The van der Waals surface area contributed by atoms with E-state index in [1.165, 1.54) is 21.6 Å². The largest absolute Gasteiger partial charge is 0.370 e. The Labute approximate surface area is 558 Å². The van der Waals surface area contributed by atoms with Crippen molar-refractivity contribution < 1.29 is 62.3 Å². The number of unbranched alkanes of at least 4 members (excludes halogenated alkanes) is 1. The normalized spacial score (nSPS) is 16.8. The zero-order valence-electron chi connectivity index (χ0n) is 54.5. The van der Waals surface area contributed by atoms with Gasteiger partial charge in [0.2, 0.25) is 76.8 Å². The van der Waals surface area contributed by atoms with Crippen LogP contribution in [0.4, 0.5) is 0 Å². The number of primary amides is 3. The van der Waals surface area contributed by atoms with Gasteiger partial charge in [-0.15, -0.1) is 0 Å². The highest BCUT2D eigenvalue weighted by Crippen LogP contribution is 2.24. The molecule has 4 rings (SSSR count). The molecule has 22 N–H and O–H groups in total.